The first kappa shape index (κ1) is 12.2. The van der Waals surface area contributed by atoms with Gasteiger partial charge in [-0.05, 0) is 12.1 Å². The van der Waals surface area contributed by atoms with E-state index in [0.717, 1.165) is 16.6 Å². The molecule has 0 aliphatic heterocycles. The molecule has 1 radical (unpaired) electrons. The molecule has 0 spiro atoms. The highest BCUT2D eigenvalue weighted by atomic mass is 16.2. The Morgan fingerprint density at radius 1 is 1.33 bits per heavy atom. The molecule has 18 heavy (non-hydrogen) atoms. The number of pyridine rings is 1. The summed E-state index contributed by atoms with van der Waals surface area (Å²) in [6, 6.07) is 10.9. The first-order valence-corrected chi connectivity index (χ1v) is 5.68. The molecule has 1 N–H and O–H groups in total. The van der Waals surface area contributed by atoms with Crippen LogP contribution in [0.2, 0.25) is 0 Å². The van der Waals surface area contributed by atoms with Crippen LogP contribution in [0, 0.1) is 0 Å². The minimum absolute atomic E-state index is 0.246. The highest BCUT2D eigenvalue weighted by Gasteiger charge is 2.11. The van der Waals surface area contributed by atoms with Crippen LogP contribution < -0.4 is 5.32 Å². The van der Waals surface area contributed by atoms with Crippen LogP contribution >= 0.6 is 0 Å². The summed E-state index contributed by atoms with van der Waals surface area (Å²) in [6.45, 7) is 1.37. The van der Waals surface area contributed by atoms with Gasteiger partial charge in [-0.25, -0.2) is 0 Å². The minimum Gasteiger partial charge on any atom is -0.346 e. The standard InChI is InChI=1S/C14H13N2O2/c1-10(18)15-13(9-17)8-12-7-6-11-4-2-3-5-14(11)16-12/h2-7,13H,8H2,1H3,(H,15,18)/t13-/m0/s1. The summed E-state index contributed by atoms with van der Waals surface area (Å²) < 4.78 is 0. The quantitative estimate of drug-likeness (QED) is 0.880. The van der Waals surface area contributed by atoms with Crippen molar-refractivity contribution in [1.29, 1.82) is 0 Å². The van der Waals surface area contributed by atoms with Crippen molar-refractivity contribution in [3.8, 4) is 0 Å². The Bertz CT molecular complexity index is 581. The number of aromatic nitrogens is 1. The van der Waals surface area contributed by atoms with Crippen molar-refractivity contribution in [2.45, 2.75) is 19.4 Å². The third-order valence-electron chi connectivity index (χ3n) is 2.59. The lowest BCUT2D eigenvalue weighted by Gasteiger charge is -2.10. The molecule has 2 aromatic rings. The largest absolute Gasteiger partial charge is 0.346 e. The lowest BCUT2D eigenvalue weighted by molar-refractivity contribution is -0.119. The molecule has 0 fully saturated rings. The molecule has 0 aliphatic rings. The Hall–Kier alpha value is -2.23. The second-order valence-corrected chi connectivity index (χ2v) is 4.07. The summed E-state index contributed by atoms with van der Waals surface area (Å²) >= 11 is 0. The van der Waals surface area contributed by atoms with Gasteiger partial charge in [0, 0.05) is 24.4 Å². The number of nitrogens with one attached hydrogen (secondary N) is 1. The fraction of sp³-hybridized carbons (Fsp3) is 0.214. The number of benzene rings is 1. The highest BCUT2D eigenvalue weighted by molar-refractivity contribution is 5.79. The van der Waals surface area contributed by atoms with E-state index in [4.69, 9.17) is 0 Å². The SMILES string of the molecule is CC(=O)N[C@H]([C]=O)Cc1ccc2ccccc2n1. The van der Waals surface area contributed by atoms with Crippen LogP contribution in [0.3, 0.4) is 0 Å². The Morgan fingerprint density at radius 2 is 2.11 bits per heavy atom. The molecule has 1 heterocycles. The first-order valence-electron chi connectivity index (χ1n) is 5.68. The van der Waals surface area contributed by atoms with E-state index in [1.165, 1.54) is 6.92 Å². The van der Waals surface area contributed by atoms with Crippen molar-refractivity contribution in [3.05, 3.63) is 42.1 Å². The normalized spacial score (nSPS) is 12.1. The van der Waals surface area contributed by atoms with E-state index in [-0.39, 0.29) is 5.91 Å². The Morgan fingerprint density at radius 3 is 2.83 bits per heavy atom. The second kappa shape index (κ2) is 5.40. The molecule has 0 aliphatic carbocycles. The van der Waals surface area contributed by atoms with Gasteiger partial charge in [0.25, 0.3) is 0 Å². The Labute approximate surface area is 105 Å². The molecule has 0 saturated carbocycles. The lowest BCUT2D eigenvalue weighted by atomic mass is 10.1. The van der Waals surface area contributed by atoms with E-state index in [9.17, 15) is 9.59 Å². The second-order valence-electron chi connectivity index (χ2n) is 4.07. The molecule has 0 unspecified atom stereocenters. The van der Waals surface area contributed by atoms with Gasteiger partial charge in [0.1, 0.15) is 6.04 Å². The van der Waals surface area contributed by atoms with Gasteiger partial charge < -0.3 is 5.32 Å². The van der Waals surface area contributed by atoms with Crippen LogP contribution in [0.5, 0.6) is 0 Å². The topological polar surface area (TPSA) is 59.1 Å². The molecular formula is C14H13N2O2. The number of carbonyl (C=O) groups excluding carboxylic acids is 2. The molecule has 4 nitrogen and oxygen atoms in total. The molecule has 1 aromatic carbocycles. The van der Waals surface area contributed by atoms with E-state index < -0.39 is 6.04 Å². The third-order valence-corrected chi connectivity index (χ3v) is 2.59. The van der Waals surface area contributed by atoms with E-state index >= 15 is 0 Å². The average Bonchev–Trinajstić information content (AvgIpc) is 2.37. The molecule has 0 bridgehead atoms. The van der Waals surface area contributed by atoms with Crippen molar-refractivity contribution in [1.82, 2.24) is 10.3 Å². The van der Waals surface area contributed by atoms with Gasteiger partial charge in [0.2, 0.25) is 12.2 Å². The van der Waals surface area contributed by atoms with Crippen LogP contribution in [0.1, 0.15) is 12.6 Å². The zero-order chi connectivity index (χ0) is 13.0. The molecule has 4 heteroatoms. The van der Waals surface area contributed by atoms with Gasteiger partial charge in [0.15, 0.2) is 0 Å². The van der Waals surface area contributed by atoms with Gasteiger partial charge >= 0.3 is 0 Å². The van der Waals surface area contributed by atoms with Gasteiger partial charge in [-0.1, -0.05) is 24.3 Å². The number of carbonyl (C=O) groups is 1. The summed E-state index contributed by atoms with van der Waals surface area (Å²) in [7, 11) is 0. The maximum absolute atomic E-state index is 10.9. The van der Waals surface area contributed by atoms with E-state index in [1.54, 1.807) is 0 Å². The van der Waals surface area contributed by atoms with Gasteiger partial charge in [0.05, 0.1) is 5.52 Å². The summed E-state index contributed by atoms with van der Waals surface area (Å²) in [6.07, 6.45) is 2.16. The number of amides is 1. The van der Waals surface area contributed by atoms with Crippen molar-refractivity contribution >= 4 is 23.1 Å². The Kier molecular flexibility index (Phi) is 3.67. The zero-order valence-electron chi connectivity index (χ0n) is 10.0. The molecule has 1 aromatic heterocycles. The number of rotatable bonds is 4. The Balaban J connectivity index is 2.20. The molecule has 1 amide bonds. The van der Waals surface area contributed by atoms with Crippen molar-refractivity contribution < 1.29 is 9.59 Å². The number of hydrogen-bond donors (Lipinski definition) is 1. The molecular weight excluding hydrogens is 228 g/mol. The monoisotopic (exact) mass is 241 g/mol. The van der Waals surface area contributed by atoms with Crippen LogP contribution in [0.15, 0.2) is 36.4 Å². The summed E-state index contributed by atoms with van der Waals surface area (Å²) in [5.74, 6) is -0.246. The predicted octanol–water partition coefficient (Wildman–Crippen LogP) is 1.39. The van der Waals surface area contributed by atoms with Crippen molar-refractivity contribution in [3.63, 3.8) is 0 Å². The zero-order valence-corrected chi connectivity index (χ0v) is 10.0. The van der Waals surface area contributed by atoms with Crippen LogP contribution in [-0.2, 0) is 16.0 Å². The smallest absolute Gasteiger partial charge is 0.223 e. The summed E-state index contributed by atoms with van der Waals surface area (Å²) in [5, 5.41) is 3.57. The molecule has 91 valence electrons. The van der Waals surface area contributed by atoms with Crippen molar-refractivity contribution in [2.24, 2.45) is 0 Å². The number of hydrogen-bond acceptors (Lipinski definition) is 3. The highest BCUT2D eigenvalue weighted by Crippen LogP contribution is 2.12. The van der Waals surface area contributed by atoms with Crippen LogP contribution in [-0.4, -0.2) is 23.2 Å². The summed E-state index contributed by atoms with van der Waals surface area (Å²) in [4.78, 5) is 26.1. The first-order chi connectivity index (χ1) is 8.69. The van der Waals surface area contributed by atoms with Gasteiger partial charge in [-0.2, -0.15) is 0 Å². The van der Waals surface area contributed by atoms with E-state index in [0.29, 0.717) is 6.42 Å². The molecule has 2 rings (SSSR count). The number of para-hydroxylation sites is 1. The van der Waals surface area contributed by atoms with Gasteiger partial charge in [-0.3, -0.25) is 14.6 Å². The third kappa shape index (κ3) is 2.91. The van der Waals surface area contributed by atoms with Crippen molar-refractivity contribution in [2.75, 3.05) is 0 Å². The lowest BCUT2D eigenvalue weighted by Crippen LogP contribution is -2.36. The number of nitrogens with zero attached hydrogens (tertiary/aromatic N) is 1. The minimum atomic E-state index is -0.642. The average molecular weight is 241 g/mol. The number of fused-ring (bicyclic) bond motifs is 1. The fourth-order valence-electron chi connectivity index (χ4n) is 1.80. The summed E-state index contributed by atoms with van der Waals surface area (Å²) in [5.41, 5.74) is 1.64. The molecule has 0 saturated heterocycles. The predicted molar refractivity (Wildman–Crippen MR) is 68.7 cm³/mol. The van der Waals surface area contributed by atoms with Crippen LogP contribution in [0.25, 0.3) is 10.9 Å². The fourth-order valence-corrected chi connectivity index (χ4v) is 1.80. The van der Waals surface area contributed by atoms with E-state index in [2.05, 4.69) is 10.3 Å². The van der Waals surface area contributed by atoms with Gasteiger partial charge in [-0.15, -0.1) is 0 Å². The molecule has 1 atom stereocenters. The maximum atomic E-state index is 10.9. The van der Waals surface area contributed by atoms with E-state index in [1.807, 2.05) is 42.7 Å². The maximum Gasteiger partial charge on any atom is 0.223 e. The van der Waals surface area contributed by atoms with Crippen LogP contribution in [0.4, 0.5) is 0 Å².